The molecule has 0 aliphatic heterocycles. The quantitative estimate of drug-likeness (QED) is 0.797. The predicted molar refractivity (Wildman–Crippen MR) is 69.6 cm³/mol. The monoisotopic (exact) mass is 242 g/mol. The Kier molecular flexibility index (Phi) is 6.21. The molecule has 0 aromatic heterocycles. The summed E-state index contributed by atoms with van der Waals surface area (Å²) < 4.78 is 0. The smallest absolute Gasteiger partial charge is 0.225 e. The standard InChI is InChI=1S/C13H26N2O2/c1-10(2)9-15(11(3)16)8-7-14-12(17)13(4,5)6/h10H,7-9H2,1-6H3,(H,14,17). The summed E-state index contributed by atoms with van der Waals surface area (Å²) in [6.07, 6.45) is 0. The lowest BCUT2D eigenvalue weighted by atomic mass is 9.96. The number of hydrogen-bond donors (Lipinski definition) is 1. The second-order valence-electron chi connectivity index (χ2n) is 5.86. The minimum Gasteiger partial charge on any atom is -0.354 e. The Labute approximate surface area is 105 Å². The van der Waals surface area contributed by atoms with Crippen molar-refractivity contribution in [3.63, 3.8) is 0 Å². The molecule has 17 heavy (non-hydrogen) atoms. The molecule has 0 aliphatic rings. The third-order valence-corrected chi connectivity index (χ3v) is 2.38. The average molecular weight is 242 g/mol. The van der Waals surface area contributed by atoms with Crippen molar-refractivity contribution >= 4 is 11.8 Å². The van der Waals surface area contributed by atoms with Gasteiger partial charge in [0.1, 0.15) is 0 Å². The van der Waals surface area contributed by atoms with E-state index in [9.17, 15) is 9.59 Å². The Morgan fingerprint density at radius 1 is 1.24 bits per heavy atom. The van der Waals surface area contributed by atoms with Crippen molar-refractivity contribution in [2.45, 2.75) is 41.5 Å². The van der Waals surface area contributed by atoms with Crippen LogP contribution in [-0.4, -0.2) is 36.3 Å². The zero-order valence-electron chi connectivity index (χ0n) is 12.0. The molecular formula is C13H26N2O2. The van der Waals surface area contributed by atoms with Crippen LogP contribution in [0.1, 0.15) is 41.5 Å². The van der Waals surface area contributed by atoms with Gasteiger partial charge in [-0.05, 0) is 5.92 Å². The third-order valence-electron chi connectivity index (χ3n) is 2.38. The van der Waals surface area contributed by atoms with Gasteiger partial charge in [-0.3, -0.25) is 9.59 Å². The number of nitrogens with zero attached hydrogens (tertiary/aromatic N) is 1. The molecule has 100 valence electrons. The first kappa shape index (κ1) is 15.9. The van der Waals surface area contributed by atoms with Crippen molar-refractivity contribution in [2.24, 2.45) is 11.3 Å². The van der Waals surface area contributed by atoms with E-state index in [0.29, 0.717) is 19.0 Å². The highest BCUT2D eigenvalue weighted by atomic mass is 16.2. The van der Waals surface area contributed by atoms with Crippen LogP contribution in [0.15, 0.2) is 0 Å². The Bertz CT molecular complexity index is 267. The number of rotatable bonds is 5. The largest absolute Gasteiger partial charge is 0.354 e. The molecule has 4 heteroatoms. The lowest BCUT2D eigenvalue weighted by Gasteiger charge is -2.24. The second-order valence-corrected chi connectivity index (χ2v) is 5.86. The summed E-state index contributed by atoms with van der Waals surface area (Å²) in [4.78, 5) is 24.8. The second kappa shape index (κ2) is 6.62. The van der Waals surface area contributed by atoms with Gasteiger partial charge < -0.3 is 10.2 Å². The summed E-state index contributed by atoms with van der Waals surface area (Å²) in [7, 11) is 0. The van der Waals surface area contributed by atoms with Crippen LogP contribution >= 0.6 is 0 Å². The summed E-state index contributed by atoms with van der Waals surface area (Å²) in [6, 6.07) is 0. The van der Waals surface area contributed by atoms with Crippen LogP contribution in [-0.2, 0) is 9.59 Å². The molecule has 0 atom stereocenters. The van der Waals surface area contributed by atoms with E-state index in [4.69, 9.17) is 0 Å². The van der Waals surface area contributed by atoms with E-state index in [0.717, 1.165) is 6.54 Å². The number of carbonyl (C=O) groups excluding carboxylic acids is 2. The summed E-state index contributed by atoms with van der Waals surface area (Å²) >= 11 is 0. The third kappa shape index (κ3) is 6.97. The Hall–Kier alpha value is -1.06. The van der Waals surface area contributed by atoms with E-state index in [1.807, 2.05) is 20.8 Å². The molecule has 0 fully saturated rings. The van der Waals surface area contributed by atoms with Gasteiger partial charge in [0.05, 0.1) is 0 Å². The molecule has 0 heterocycles. The molecule has 4 nitrogen and oxygen atoms in total. The van der Waals surface area contributed by atoms with E-state index in [1.54, 1.807) is 11.8 Å². The van der Waals surface area contributed by atoms with Crippen LogP contribution in [0.25, 0.3) is 0 Å². The molecule has 0 spiro atoms. The average Bonchev–Trinajstić information content (AvgIpc) is 2.13. The maximum Gasteiger partial charge on any atom is 0.225 e. The molecule has 0 bridgehead atoms. The van der Waals surface area contributed by atoms with Crippen molar-refractivity contribution in [1.82, 2.24) is 10.2 Å². The van der Waals surface area contributed by atoms with E-state index in [-0.39, 0.29) is 17.2 Å². The Balaban J connectivity index is 4.07. The highest BCUT2D eigenvalue weighted by Crippen LogP contribution is 2.12. The van der Waals surface area contributed by atoms with Crippen molar-refractivity contribution in [3.05, 3.63) is 0 Å². The highest BCUT2D eigenvalue weighted by Gasteiger charge is 2.20. The van der Waals surface area contributed by atoms with Gasteiger partial charge in [-0.2, -0.15) is 0 Å². The Morgan fingerprint density at radius 3 is 2.12 bits per heavy atom. The van der Waals surface area contributed by atoms with Crippen molar-refractivity contribution in [3.8, 4) is 0 Å². The first-order valence-corrected chi connectivity index (χ1v) is 6.18. The summed E-state index contributed by atoms with van der Waals surface area (Å²) in [5, 5.41) is 2.85. The minimum absolute atomic E-state index is 0.0190. The molecule has 0 aromatic carbocycles. The maximum absolute atomic E-state index is 11.6. The van der Waals surface area contributed by atoms with E-state index in [1.165, 1.54) is 0 Å². The van der Waals surface area contributed by atoms with E-state index >= 15 is 0 Å². The fourth-order valence-electron chi connectivity index (χ4n) is 1.39. The summed E-state index contributed by atoms with van der Waals surface area (Å²) in [5.74, 6) is 0.520. The molecule has 0 aromatic rings. The van der Waals surface area contributed by atoms with E-state index < -0.39 is 0 Å². The van der Waals surface area contributed by atoms with Gasteiger partial charge in [0.2, 0.25) is 11.8 Å². The van der Waals surface area contributed by atoms with Gasteiger partial charge in [-0.25, -0.2) is 0 Å². The van der Waals surface area contributed by atoms with Gasteiger partial charge in [-0.15, -0.1) is 0 Å². The lowest BCUT2D eigenvalue weighted by Crippen LogP contribution is -2.42. The van der Waals surface area contributed by atoms with Gasteiger partial charge in [0.25, 0.3) is 0 Å². The van der Waals surface area contributed by atoms with Crippen LogP contribution in [0.3, 0.4) is 0 Å². The topological polar surface area (TPSA) is 49.4 Å². The molecule has 2 amide bonds. The van der Waals surface area contributed by atoms with Crippen molar-refractivity contribution < 1.29 is 9.59 Å². The number of amides is 2. The molecular weight excluding hydrogens is 216 g/mol. The minimum atomic E-state index is -0.376. The summed E-state index contributed by atoms with van der Waals surface area (Å²) in [6.45, 7) is 13.2. The van der Waals surface area contributed by atoms with Gasteiger partial charge in [0, 0.05) is 32.0 Å². The predicted octanol–water partition coefficient (Wildman–Crippen LogP) is 1.65. The zero-order valence-corrected chi connectivity index (χ0v) is 12.0. The van der Waals surface area contributed by atoms with Gasteiger partial charge in [0.15, 0.2) is 0 Å². The molecule has 0 saturated heterocycles. The fourth-order valence-corrected chi connectivity index (χ4v) is 1.39. The summed E-state index contributed by atoms with van der Waals surface area (Å²) in [5.41, 5.74) is -0.376. The lowest BCUT2D eigenvalue weighted by molar-refractivity contribution is -0.131. The van der Waals surface area contributed by atoms with Crippen LogP contribution in [0.4, 0.5) is 0 Å². The molecule has 0 rings (SSSR count). The molecule has 0 aliphatic carbocycles. The van der Waals surface area contributed by atoms with Gasteiger partial charge >= 0.3 is 0 Å². The maximum atomic E-state index is 11.6. The van der Waals surface area contributed by atoms with Crippen LogP contribution < -0.4 is 5.32 Å². The fraction of sp³-hybridized carbons (Fsp3) is 0.846. The first-order valence-electron chi connectivity index (χ1n) is 6.18. The number of carbonyl (C=O) groups is 2. The zero-order chi connectivity index (χ0) is 13.6. The van der Waals surface area contributed by atoms with Crippen molar-refractivity contribution in [1.29, 1.82) is 0 Å². The highest BCUT2D eigenvalue weighted by molar-refractivity contribution is 5.81. The van der Waals surface area contributed by atoms with Crippen molar-refractivity contribution in [2.75, 3.05) is 19.6 Å². The van der Waals surface area contributed by atoms with E-state index in [2.05, 4.69) is 19.2 Å². The Morgan fingerprint density at radius 2 is 1.76 bits per heavy atom. The first-order chi connectivity index (χ1) is 7.64. The normalized spacial score (nSPS) is 11.5. The SMILES string of the molecule is CC(=O)N(CCNC(=O)C(C)(C)C)CC(C)C. The molecule has 1 N–H and O–H groups in total. The van der Waals surface area contributed by atoms with Gasteiger partial charge in [-0.1, -0.05) is 34.6 Å². The number of hydrogen-bond acceptors (Lipinski definition) is 2. The van der Waals surface area contributed by atoms with Crippen LogP contribution in [0, 0.1) is 11.3 Å². The van der Waals surface area contributed by atoms with Crippen LogP contribution in [0.2, 0.25) is 0 Å². The molecule has 0 saturated carbocycles. The number of nitrogens with one attached hydrogen (secondary N) is 1. The molecule has 0 radical (unpaired) electrons. The molecule has 0 unspecified atom stereocenters. The van der Waals surface area contributed by atoms with Crippen LogP contribution in [0.5, 0.6) is 0 Å².